The fraction of sp³-hybridized carbons (Fsp3) is 0.0435. The monoisotopic (exact) mass is 404 g/mol. The van der Waals surface area contributed by atoms with Crippen molar-refractivity contribution in [2.24, 2.45) is 0 Å². The predicted octanol–water partition coefficient (Wildman–Crippen LogP) is 6.31. The van der Waals surface area contributed by atoms with Crippen LogP contribution in [0.5, 0.6) is 0 Å². The summed E-state index contributed by atoms with van der Waals surface area (Å²) in [6.07, 6.45) is 0.244. The maximum absolute atomic E-state index is 12.3. The molecule has 0 unspecified atom stereocenters. The standard InChI is InChI=1S/C23H17ClN2OS/c24-20-9-5-4-8-18(20)14-22(27)25-19-12-10-16(11-13-19)21-15-28-23(26-21)17-6-2-1-3-7-17/h1-13,15H,14H2,(H,25,27). The van der Waals surface area contributed by atoms with E-state index in [9.17, 15) is 4.79 Å². The van der Waals surface area contributed by atoms with Crippen molar-refractivity contribution in [2.45, 2.75) is 6.42 Å². The fourth-order valence-corrected chi connectivity index (χ4v) is 3.90. The van der Waals surface area contributed by atoms with E-state index >= 15 is 0 Å². The van der Waals surface area contributed by atoms with Crippen LogP contribution in [0.4, 0.5) is 5.69 Å². The van der Waals surface area contributed by atoms with Crippen molar-refractivity contribution in [1.82, 2.24) is 4.98 Å². The molecule has 0 radical (unpaired) electrons. The lowest BCUT2D eigenvalue weighted by atomic mass is 10.1. The average Bonchev–Trinajstić information content (AvgIpc) is 3.21. The lowest BCUT2D eigenvalue weighted by molar-refractivity contribution is -0.115. The smallest absolute Gasteiger partial charge is 0.228 e. The van der Waals surface area contributed by atoms with Crippen LogP contribution in [0.1, 0.15) is 5.56 Å². The summed E-state index contributed by atoms with van der Waals surface area (Å²) < 4.78 is 0. The van der Waals surface area contributed by atoms with Crippen molar-refractivity contribution in [2.75, 3.05) is 5.32 Å². The maximum Gasteiger partial charge on any atom is 0.228 e. The molecule has 0 fully saturated rings. The summed E-state index contributed by atoms with van der Waals surface area (Å²) in [5, 5.41) is 6.56. The van der Waals surface area contributed by atoms with Gasteiger partial charge in [0.1, 0.15) is 5.01 Å². The molecule has 1 heterocycles. The van der Waals surface area contributed by atoms with E-state index in [-0.39, 0.29) is 12.3 Å². The van der Waals surface area contributed by atoms with E-state index in [0.29, 0.717) is 5.02 Å². The van der Waals surface area contributed by atoms with Gasteiger partial charge in [0.15, 0.2) is 0 Å². The number of anilines is 1. The SMILES string of the molecule is O=C(Cc1ccccc1Cl)Nc1ccc(-c2csc(-c3ccccc3)n2)cc1. The molecule has 28 heavy (non-hydrogen) atoms. The number of nitrogens with one attached hydrogen (secondary N) is 1. The van der Waals surface area contributed by atoms with Crippen LogP contribution in [0.25, 0.3) is 21.8 Å². The number of aromatic nitrogens is 1. The normalized spacial score (nSPS) is 10.6. The number of rotatable bonds is 5. The Hall–Kier alpha value is -2.95. The minimum Gasteiger partial charge on any atom is -0.326 e. The van der Waals surface area contributed by atoms with Crippen molar-refractivity contribution in [3.05, 3.63) is 94.8 Å². The molecule has 4 aromatic rings. The Morgan fingerprint density at radius 1 is 0.893 bits per heavy atom. The maximum atomic E-state index is 12.3. The Morgan fingerprint density at radius 3 is 2.36 bits per heavy atom. The van der Waals surface area contributed by atoms with Crippen LogP contribution in [0.15, 0.2) is 84.2 Å². The van der Waals surface area contributed by atoms with Crippen LogP contribution in [-0.4, -0.2) is 10.9 Å². The van der Waals surface area contributed by atoms with Gasteiger partial charge in [-0.15, -0.1) is 11.3 Å². The molecule has 1 aromatic heterocycles. The highest BCUT2D eigenvalue weighted by molar-refractivity contribution is 7.13. The summed E-state index contributed by atoms with van der Waals surface area (Å²) in [4.78, 5) is 17.0. The van der Waals surface area contributed by atoms with Crippen LogP contribution in [0.3, 0.4) is 0 Å². The van der Waals surface area contributed by atoms with Crippen molar-refractivity contribution < 1.29 is 4.79 Å². The quantitative estimate of drug-likeness (QED) is 0.423. The molecule has 3 aromatic carbocycles. The van der Waals surface area contributed by atoms with Gasteiger partial charge >= 0.3 is 0 Å². The van der Waals surface area contributed by atoms with Crippen molar-refractivity contribution in [3.63, 3.8) is 0 Å². The van der Waals surface area contributed by atoms with Gasteiger partial charge in [-0.2, -0.15) is 0 Å². The summed E-state index contributed by atoms with van der Waals surface area (Å²) in [6, 6.07) is 25.2. The average molecular weight is 405 g/mol. The molecular formula is C23H17ClN2OS. The van der Waals surface area contributed by atoms with E-state index in [1.807, 2.05) is 66.0 Å². The lowest BCUT2D eigenvalue weighted by Crippen LogP contribution is -2.14. The van der Waals surface area contributed by atoms with Gasteiger partial charge in [-0.05, 0) is 23.8 Å². The number of carbonyl (C=O) groups excluding carboxylic acids is 1. The van der Waals surface area contributed by atoms with Crippen LogP contribution >= 0.6 is 22.9 Å². The molecule has 0 saturated heterocycles. The first-order valence-corrected chi connectivity index (χ1v) is 10.1. The highest BCUT2D eigenvalue weighted by Gasteiger charge is 2.09. The summed E-state index contributed by atoms with van der Waals surface area (Å²) in [5.74, 6) is -0.0964. The van der Waals surface area contributed by atoms with Gasteiger partial charge in [-0.1, -0.05) is 72.3 Å². The molecular weight excluding hydrogens is 388 g/mol. The molecule has 3 nitrogen and oxygen atoms in total. The number of hydrogen-bond donors (Lipinski definition) is 1. The molecule has 5 heteroatoms. The zero-order valence-corrected chi connectivity index (χ0v) is 16.5. The topological polar surface area (TPSA) is 42.0 Å². The van der Waals surface area contributed by atoms with Gasteiger partial charge in [0.05, 0.1) is 12.1 Å². The fourth-order valence-electron chi connectivity index (χ4n) is 2.86. The first kappa shape index (κ1) is 18.4. The lowest BCUT2D eigenvalue weighted by Gasteiger charge is -2.07. The molecule has 0 saturated carbocycles. The molecule has 138 valence electrons. The van der Waals surface area contributed by atoms with Gasteiger partial charge in [-0.25, -0.2) is 4.98 Å². The third-order valence-electron chi connectivity index (χ3n) is 4.30. The first-order chi connectivity index (χ1) is 13.7. The molecule has 0 aliphatic heterocycles. The number of amides is 1. The highest BCUT2D eigenvalue weighted by Crippen LogP contribution is 2.29. The Balaban J connectivity index is 1.44. The Kier molecular flexibility index (Phi) is 5.51. The zero-order chi connectivity index (χ0) is 19.3. The summed E-state index contributed by atoms with van der Waals surface area (Å²) in [7, 11) is 0. The second-order valence-electron chi connectivity index (χ2n) is 6.30. The minimum atomic E-state index is -0.0964. The molecule has 0 spiro atoms. The molecule has 1 N–H and O–H groups in total. The summed E-state index contributed by atoms with van der Waals surface area (Å²) >= 11 is 7.74. The second kappa shape index (κ2) is 8.38. The largest absolute Gasteiger partial charge is 0.326 e. The van der Waals surface area contributed by atoms with Crippen molar-refractivity contribution in [1.29, 1.82) is 0 Å². The van der Waals surface area contributed by atoms with E-state index in [4.69, 9.17) is 16.6 Å². The van der Waals surface area contributed by atoms with Gasteiger partial charge in [0.2, 0.25) is 5.91 Å². The number of nitrogens with zero attached hydrogens (tertiary/aromatic N) is 1. The minimum absolute atomic E-state index is 0.0964. The third kappa shape index (κ3) is 4.30. The third-order valence-corrected chi connectivity index (χ3v) is 5.56. The number of halogens is 1. The number of hydrogen-bond acceptors (Lipinski definition) is 3. The first-order valence-electron chi connectivity index (χ1n) is 8.84. The molecule has 0 bridgehead atoms. The van der Waals surface area contributed by atoms with E-state index in [1.54, 1.807) is 17.4 Å². The van der Waals surface area contributed by atoms with E-state index in [2.05, 4.69) is 17.4 Å². The number of benzene rings is 3. The van der Waals surface area contributed by atoms with Gasteiger partial charge in [-0.3, -0.25) is 4.79 Å². The predicted molar refractivity (Wildman–Crippen MR) is 117 cm³/mol. The Labute approximate surface area is 172 Å². The van der Waals surface area contributed by atoms with Crippen molar-refractivity contribution in [3.8, 4) is 21.8 Å². The molecule has 0 atom stereocenters. The molecule has 0 aliphatic carbocycles. The molecule has 4 rings (SSSR count). The molecule has 1 amide bonds. The summed E-state index contributed by atoms with van der Waals surface area (Å²) in [5.41, 5.74) is 4.62. The van der Waals surface area contributed by atoms with Crippen LogP contribution in [0, 0.1) is 0 Å². The van der Waals surface area contributed by atoms with Gasteiger partial charge in [0, 0.05) is 27.2 Å². The Bertz CT molecular complexity index is 1090. The highest BCUT2D eigenvalue weighted by atomic mass is 35.5. The number of thiazole rings is 1. The molecule has 0 aliphatic rings. The van der Waals surface area contributed by atoms with Gasteiger partial charge < -0.3 is 5.32 Å². The van der Waals surface area contributed by atoms with Crippen LogP contribution in [-0.2, 0) is 11.2 Å². The number of carbonyl (C=O) groups is 1. The van der Waals surface area contributed by atoms with Crippen LogP contribution in [0.2, 0.25) is 5.02 Å². The van der Waals surface area contributed by atoms with E-state index in [0.717, 1.165) is 33.1 Å². The second-order valence-corrected chi connectivity index (χ2v) is 7.56. The summed E-state index contributed by atoms with van der Waals surface area (Å²) in [6.45, 7) is 0. The van der Waals surface area contributed by atoms with E-state index < -0.39 is 0 Å². The van der Waals surface area contributed by atoms with Gasteiger partial charge in [0.25, 0.3) is 0 Å². The Morgan fingerprint density at radius 2 is 1.61 bits per heavy atom. The van der Waals surface area contributed by atoms with Crippen molar-refractivity contribution >= 4 is 34.5 Å². The zero-order valence-electron chi connectivity index (χ0n) is 14.9. The van der Waals surface area contributed by atoms with Crippen LogP contribution < -0.4 is 5.32 Å². The van der Waals surface area contributed by atoms with E-state index in [1.165, 1.54) is 0 Å².